The lowest BCUT2D eigenvalue weighted by Crippen LogP contribution is -2.38. The van der Waals surface area contributed by atoms with Crippen molar-refractivity contribution in [3.63, 3.8) is 0 Å². The molecule has 0 saturated heterocycles. The number of alkyl halides is 2. The van der Waals surface area contributed by atoms with Gasteiger partial charge in [0.25, 0.3) is 0 Å². The number of hydrogen-bond donors (Lipinski definition) is 2. The van der Waals surface area contributed by atoms with Crippen molar-refractivity contribution >= 4 is 29.9 Å². The highest BCUT2D eigenvalue weighted by atomic mass is 127. The Bertz CT molecular complexity index is 665. The molecule has 0 aliphatic heterocycles. The minimum atomic E-state index is -2.85. The molecule has 9 heteroatoms. The number of aryl methyl sites for hydroxylation is 1. The summed E-state index contributed by atoms with van der Waals surface area (Å²) in [5.41, 5.74) is 1.61. The van der Waals surface area contributed by atoms with Crippen LogP contribution < -0.4 is 15.4 Å². The molecule has 25 heavy (non-hydrogen) atoms. The lowest BCUT2D eigenvalue weighted by Gasteiger charge is -2.15. The number of benzene rings is 1. The van der Waals surface area contributed by atoms with Gasteiger partial charge in [-0.05, 0) is 19.1 Å². The van der Waals surface area contributed by atoms with E-state index in [1.807, 2.05) is 25.3 Å². The predicted octanol–water partition coefficient (Wildman–Crippen LogP) is 2.78. The molecule has 0 aliphatic carbocycles. The summed E-state index contributed by atoms with van der Waals surface area (Å²) in [4.78, 5) is 4.11. The molecule has 0 unspecified atom stereocenters. The lowest BCUT2D eigenvalue weighted by molar-refractivity contribution is -0.0504. The lowest BCUT2D eigenvalue weighted by atomic mass is 10.1. The molecule has 0 amide bonds. The Morgan fingerprint density at radius 2 is 2.16 bits per heavy atom. The SMILES string of the molecule is CN=C(NCCn1cccn1)NCc1cc(C)ccc1OC(F)F.I. The second kappa shape index (κ2) is 10.9. The molecule has 0 bridgehead atoms. The van der Waals surface area contributed by atoms with Crippen molar-refractivity contribution in [2.75, 3.05) is 13.6 Å². The van der Waals surface area contributed by atoms with Crippen LogP contribution in [0.1, 0.15) is 11.1 Å². The Hall–Kier alpha value is -1.91. The maximum absolute atomic E-state index is 12.5. The third-order valence-electron chi connectivity index (χ3n) is 3.29. The second-order valence-electron chi connectivity index (χ2n) is 5.11. The van der Waals surface area contributed by atoms with Crippen molar-refractivity contribution in [2.24, 2.45) is 4.99 Å². The van der Waals surface area contributed by atoms with Crippen LogP contribution in [0.2, 0.25) is 0 Å². The minimum Gasteiger partial charge on any atom is -0.434 e. The fraction of sp³-hybridized carbons (Fsp3) is 0.375. The summed E-state index contributed by atoms with van der Waals surface area (Å²) in [6.45, 7) is 0.698. The number of halogens is 3. The smallest absolute Gasteiger partial charge is 0.387 e. The zero-order chi connectivity index (χ0) is 17.4. The number of rotatable bonds is 7. The third-order valence-corrected chi connectivity index (χ3v) is 3.29. The van der Waals surface area contributed by atoms with Crippen LogP contribution in [-0.2, 0) is 13.1 Å². The van der Waals surface area contributed by atoms with Crippen LogP contribution in [0, 0.1) is 6.92 Å². The van der Waals surface area contributed by atoms with E-state index in [-0.39, 0.29) is 29.7 Å². The first-order valence-corrected chi connectivity index (χ1v) is 7.55. The van der Waals surface area contributed by atoms with Crippen LogP contribution >= 0.6 is 24.0 Å². The van der Waals surface area contributed by atoms with E-state index >= 15 is 0 Å². The fourth-order valence-corrected chi connectivity index (χ4v) is 2.18. The number of hydrogen-bond acceptors (Lipinski definition) is 3. The van der Waals surface area contributed by atoms with Crippen molar-refractivity contribution in [1.82, 2.24) is 20.4 Å². The Kier molecular flexibility index (Phi) is 9.17. The van der Waals surface area contributed by atoms with Crippen molar-refractivity contribution in [3.05, 3.63) is 47.8 Å². The first-order valence-electron chi connectivity index (χ1n) is 7.55. The van der Waals surface area contributed by atoms with Crippen LogP contribution in [0.5, 0.6) is 5.75 Å². The molecule has 0 radical (unpaired) electrons. The standard InChI is InChI=1S/C16H21F2N5O.HI/c1-12-4-5-14(24-15(17)18)13(10-12)11-21-16(19-2)20-7-9-23-8-3-6-22-23;/h3-6,8,10,15H,7,9,11H2,1-2H3,(H2,19,20,21);1H. The number of ether oxygens (including phenoxy) is 1. The Labute approximate surface area is 162 Å². The minimum absolute atomic E-state index is 0. The molecule has 0 saturated carbocycles. The first-order chi connectivity index (χ1) is 11.6. The number of nitrogens with zero attached hydrogens (tertiary/aromatic N) is 3. The molecule has 0 spiro atoms. The average molecular weight is 465 g/mol. The summed E-state index contributed by atoms with van der Waals surface area (Å²) in [5, 5.41) is 10.3. The van der Waals surface area contributed by atoms with Gasteiger partial charge in [0.15, 0.2) is 5.96 Å². The third kappa shape index (κ3) is 7.24. The van der Waals surface area contributed by atoms with Crippen LogP contribution in [0.25, 0.3) is 0 Å². The van der Waals surface area contributed by atoms with E-state index in [4.69, 9.17) is 0 Å². The molecule has 1 aromatic carbocycles. The van der Waals surface area contributed by atoms with Crippen LogP contribution in [0.4, 0.5) is 8.78 Å². The zero-order valence-corrected chi connectivity index (χ0v) is 16.4. The van der Waals surface area contributed by atoms with Crippen molar-refractivity contribution in [3.8, 4) is 5.75 Å². The summed E-state index contributed by atoms with van der Waals surface area (Å²) < 4.78 is 31.3. The maximum Gasteiger partial charge on any atom is 0.387 e. The van der Waals surface area contributed by atoms with Gasteiger partial charge in [-0.15, -0.1) is 24.0 Å². The summed E-state index contributed by atoms with van der Waals surface area (Å²) in [6, 6.07) is 6.95. The fourth-order valence-electron chi connectivity index (χ4n) is 2.18. The molecule has 2 aromatic rings. The monoisotopic (exact) mass is 465 g/mol. The van der Waals surface area contributed by atoms with E-state index in [1.165, 1.54) is 0 Å². The molecular formula is C16H22F2IN5O. The normalized spacial score (nSPS) is 11.2. The highest BCUT2D eigenvalue weighted by Gasteiger charge is 2.10. The average Bonchev–Trinajstić information content (AvgIpc) is 3.06. The maximum atomic E-state index is 12.5. The Morgan fingerprint density at radius 1 is 1.36 bits per heavy atom. The number of aromatic nitrogens is 2. The largest absolute Gasteiger partial charge is 0.434 e. The molecule has 0 fully saturated rings. The summed E-state index contributed by atoms with van der Waals surface area (Å²) in [6.07, 6.45) is 3.59. The van der Waals surface area contributed by atoms with Gasteiger partial charge >= 0.3 is 6.61 Å². The van der Waals surface area contributed by atoms with Crippen molar-refractivity contribution in [2.45, 2.75) is 26.6 Å². The van der Waals surface area contributed by atoms with Gasteiger partial charge in [-0.2, -0.15) is 13.9 Å². The van der Waals surface area contributed by atoms with Gasteiger partial charge < -0.3 is 15.4 Å². The van der Waals surface area contributed by atoms with Crippen molar-refractivity contribution in [1.29, 1.82) is 0 Å². The van der Waals surface area contributed by atoms with Gasteiger partial charge in [0.05, 0.1) is 6.54 Å². The van der Waals surface area contributed by atoms with Crippen LogP contribution in [0.3, 0.4) is 0 Å². The highest BCUT2D eigenvalue weighted by molar-refractivity contribution is 14.0. The van der Waals surface area contributed by atoms with Crippen LogP contribution in [-0.4, -0.2) is 35.9 Å². The van der Waals surface area contributed by atoms with E-state index in [9.17, 15) is 8.78 Å². The Balaban J connectivity index is 0.00000312. The molecule has 6 nitrogen and oxygen atoms in total. The zero-order valence-electron chi connectivity index (χ0n) is 14.1. The predicted molar refractivity (Wildman–Crippen MR) is 104 cm³/mol. The molecule has 0 atom stereocenters. The number of guanidine groups is 1. The summed E-state index contributed by atoms with van der Waals surface area (Å²) in [7, 11) is 1.65. The molecular weight excluding hydrogens is 443 g/mol. The first kappa shape index (κ1) is 21.1. The van der Waals surface area contributed by atoms with E-state index < -0.39 is 6.61 Å². The van der Waals surface area contributed by atoms with Gasteiger partial charge in [-0.1, -0.05) is 17.7 Å². The topological polar surface area (TPSA) is 63.5 Å². The van der Waals surface area contributed by atoms with Gasteiger partial charge in [0.1, 0.15) is 5.75 Å². The highest BCUT2D eigenvalue weighted by Crippen LogP contribution is 2.21. The van der Waals surface area contributed by atoms with E-state index in [2.05, 4.69) is 25.5 Å². The number of nitrogens with one attached hydrogen (secondary N) is 2. The molecule has 0 aliphatic rings. The van der Waals surface area contributed by atoms with E-state index in [1.54, 1.807) is 30.1 Å². The summed E-state index contributed by atoms with van der Waals surface area (Å²) >= 11 is 0. The van der Waals surface area contributed by atoms with E-state index in [0.29, 0.717) is 31.2 Å². The molecule has 138 valence electrons. The molecule has 1 aromatic heterocycles. The van der Waals surface area contributed by atoms with Crippen LogP contribution in [0.15, 0.2) is 41.7 Å². The van der Waals surface area contributed by atoms with Gasteiger partial charge in [-0.25, -0.2) is 0 Å². The number of aliphatic imine (C=N–C) groups is 1. The quantitative estimate of drug-likeness (QED) is 0.375. The second-order valence-corrected chi connectivity index (χ2v) is 5.11. The van der Waals surface area contributed by atoms with E-state index in [0.717, 1.165) is 5.56 Å². The molecule has 2 rings (SSSR count). The Morgan fingerprint density at radius 3 is 2.80 bits per heavy atom. The molecule has 1 heterocycles. The summed E-state index contributed by atoms with van der Waals surface area (Å²) in [5.74, 6) is 0.738. The van der Waals surface area contributed by atoms with Gasteiger partial charge in [-0.3, -0.25) is 9.67 Å². The van der Waals surface area contributed by atoms with Gasteiger partial charge in [0, 0.05) is 38.1 Å². The van der Waals surface area contributed by atoms with Crippen molar-refractivity contribution < 1.29 is 13.5 Å². The van der Waals surface area contributed by atoms with Gasteiger partial charge in [0.2, 0.25) is 0 Å². The molecule has 2 N–H and O–H groups in total.